The molecule has 10 heteroatoms. The van der Waals surface area contributed by atoms with Gasteiger partial charge in [-0.25, -0.2) is 8.78 Å². The second kappa shape index (κ2) is 10.4. The van der Waals surface area contributed by atoms with Gasteiger partial charge in [-0.3, -0.25) is 14.4 Å². The predicted octanol–water partition coefficient (Wildman–Crippen LogP) is 2.59. The summed E-state index contributed by atoms with van der Waals surface area (Å²) in [5.74, 6) is -3.40. The van der Waals surface area contributed by atoms with Crippen LogP contribution in [0.2, 0.25) is 19.6 Å². The molecule has 1 saturated heterocycles. The van der Waals surface area contributed by atoms with Crippen molar-refractivity contribution in [2.75, 3.05) is 19.0 Å². The van der Waals surface area contributed by atoms with Gasteiger partial charge in [-0.15, -0.1) is 0 Å². The lowest BCUT2D eigenvalue weighted by atomic mass is 10.0. The van der Waals surface area contributed by atoms with Crippen LogP contribution in [-0.2, 0) is 25.7 Å². The molecule has 1 heterocycles. The highest BCUT2D eigenvalue weighted by Crippen LogP contribution is 2.21. The van der Waals surface area contributed by atoms with Crippen LogP contribution >= 0.6 is 0 Å². The van der Waals surface area contributed by atoms with E-state index in [-0.39, 0.29) is 29.7 Å². The molecule has 0 aliphatic carbocycles. The third-order valence-electron chi connectivity index (χ3n) is 5.58. The number of hydrogen-bond donors (Lipinski definition) is 3. The van der Waals surface area contributed by atoms with E-state index in [0.717, 1.165) is 17.7 Å². The minimum Gasteiger partial charge on any atom is -0.380 e. The summed E-state index contributed by atoms with van der Waals surface area (Å²) in [6.45, 7) is 6.04. The van der Waals surface area contributed by atoms with E-state index >= 15 is 0 Å². The number of carbonyl (C=O) groups is 3. The molecule has 1 aliphatic heterocycles. The molecule has 1 aliphatic rings. The summed E-state index contributed by atoms with van der Waals surface area (Å²) in [6.07, 6.45) is 0.0293. The average molecular weight is 490 g/mol. The first-order valence-corrected chi connectivity index (χ1v) is 14.4. The van der Waals surface area contributed by atoms with E-state index in [4.69, 9.17) is 4.74 Å². The Hall–Kier alpha value is -3.11. The third kappa shape index (κ3) is 6.06. The minimum absolute atomic E-state index is 0.0293. The Morgan fingerprint density at radius 2 is 1.76 bits per heavy atom. The van der Waals surface area contributed by atoms with Crippen LogP contribution in [0.1, 0.15) is 23.6 Å². The molecule has 7 nitrogen and oxygen atoms in total. The van der Waals surface area contributed by atoms with Crippen molar-refractivity contribution < 1.29 is 27.9 Å². The summed E-state index contributed by atoms with van der Waals surface area (Å²) in [6, 6.07) is 7.91. The van der Waals surface area contributed by atoms with Crippen LogP contribution in [0.25, 0.3) is 0 Å². The number of rotatable bonds is 8. The molecule has 0 saturated carbocycles. The highest BCUT2D eigenvalue weighted by molar-refractivity contribution is 6.88. The molecule has 0 aromatic heterocycles. The van der Waals surface area contributed by atoms with Gasteiger partial charge in [0.25, 0.3) is 5.91 Å². The first-order valence-electron chi connectivity index (χ1n) is 10.9. The van der Waals surface area contributed by atoms with Crippen LogP contribution in [-0.4, -0.2) is 39.4 Å². The highest BCUT2D eigenvalue weighted by atomic mass is 28.3. The van der Waals surface area contributed by atoms with Crippen molar-refractivity contribution in [3.63, 3.8) is 0 Å². The molecular weight excluding hydrogens is 460 g/mol. The number of nitrogens with one attached hydrogen (secondary N) is 3. The maximum atomic E-state index is 14.7. The standard InChI is InChI=1S/C24H29F2N3O4Si/c1-33-13-14-5-7-15(8-6-14)21(29-23(31)16-9-20(30)27-12-16)24(32)28-17-10-18(25)22(19(26)11-17)34(2,3)4/h5-8,10-11,16,21H,9,12-13H2,1-4H3,(H,27,30)(H,28,32)(H,29,31)/t16?,21-/m1/s1. The fraction of sp³-hybridized carbons (Fsp3) is 0.375. The zero-order valence-corrected chi connectivity index (χ0v) is 20.6. The third-order valence-corrected chi connectivity index (χ3v) is 7.56. The van der Waals surface area contributed by atoms with E-state index in [1.165, 1.54) is 0 Å². The van der Waals surface area contributed by atoms with Crippen LogP contribution in [0.5, 0.6) is 0 Å². The molecule has 2 aromatic rings. The summed E-state index contributed by atoms with van der Waals surface area (Å²) in [7, 11) is -0.716. The van der Waals surface area contributed by atoms with Crippen LogP contribution in [0.3, 0.4) is 0 Å². The SMILES string of the molecule is COCc1ccc([C@@H](NC(=O)C2CNC(=O)C2)C(=O)Nc2cc(F)c([Si](C)(C)C)c(F)c2)cc1. The lowest BCUT2D eigenvalue weighted by molar-refractivity contribution is -0.129. The van der Waals surface area contributed by atoms with Gasteiger partial charge in [-0.05, 0) is 23.3 Å². The van der Waals surface area contributed by atoms with Crippen molar-refractivity contribution in [2.24, 2.45) is 5.92 Å². The zero-order valence-electron chi connectivity index (χ0n) is 19.6. The van der Waals surface area contributed by atoms with Gasteiger partial charge in [0.05, 0.1) is 20.6 Å². The van der Waals surface area contributed by atoms with E-state index in [0.29, 0.717) is 12.2 Å². The van der Waals surface area contributed by atoms with Crippen LogP contribution in [0.4, 0.5) is 14.5 Å². The van der Waals surface area contributed by atoms with Crippen LogP contribution < -0.4 is 21.1 Å². The summed E-state index contributed by atoms with van der Waals surface area (Å²) in [4.78, 5) is 37.4. The molecule has 0 bridgehead atoms. The molecule has 1 fully saturated rings. The van der Waals surface area contributed by atoms with Gasteiger partial charge in [-0.2, -0.15) is 0 Å². The molecule has 3 N–H and O–H groups in total. The van der Waals surface area contributed by atoms with Crippen molar-refractivity contribution in [3.8, 4) is 0 Å². The largest absolute Gasteiger partial charge is 0.380 e. The number of amides is 3. The second-order valence-corrected chi connectivity index (χ2v) is 14.4. The molecule has 3 amide bonds. The smallest absolute Gasteiger partial charge is 0.251 e. The van der Waals surface area contributed by atoms with Crippen molar-refractivity contribution in [1.82, 2.24) is 10.6 Å². The number of benzene rings is 2. The molecule has 3 rings (SSSR count). The first kappa shape index (κ1) is 25.5. The fourth-order valence-electron chi connectivity index (χ4n) is 3.90. The monoisotopic (exact) mass is 489 g/mol. The van der Waals surface area contributed by atoms with Gasteiger partial charge < -0.3 is 20.7 Å². The number of ether oxygens (including phenoxy) is 1. The van der Waals surface area contributed by atoms with Crippen molar-refractivity contribution in [1.29, 1.82) is 0 Å². The van der Waals surface area contributed by atoms with E-state index in [1.807, 2.05) is 19.6 Å². The maximum absolute atomic E-state index is 14.7. The lowest BCUT2D eigenvalue weighted by Gasteiger charge is -2.22. The zero-order chi connectivity index (χ0) is 25.0. The van der Waals surface area contributed by atoms with Gasteiger partial charge in [0.1, 0.15) is 17.7 Å². The Kier molecular flexibility index (Phi) is 7.83. The number of halogens is 2. The normalized spacial score (nSPS) is 16.6. The van der Waals surface area contributed by atoms with E-state index in [2.05, 4.69) is 16.0 Å². The minimum atomic E-state index is -2.28. The van der Waals surface area contributed by atoms with Gasteiger partial charge >= 0.3 is 0 Å². The fourth-order valence-corrected chi connectivity index (χ4v) is 5.48. The van der Waals surface area contributed by atoms with Gasteiger partial charge in [0, 0.05) is 30.9 Å². The van der Waals surface area contributed by atoms with Crippen LogP contribution in [0.15, 0.2) is 36.4 Å². The number of methoxy groups -OCH3 is 1. The molecule has 1 unspecified atom stereocenters. The van der Waals surface area contributed by atoms with E-state index < -0.39 is 43.5 Å². The van der Waals surface area contributed by atoms with Crippen molar-refractivity contribution in [2.45, 2.75) is 38.7 Å². The number of anilines is 1. The molecular formula is C24H29F2N3O4Si. The van der Waals surface area contributed by atoms with E-state index in [1.54, 1.807) is 31.4 Å². The van der Waals surface area contributed by atoms with Gasteiger partial charge in [0.15, 0.2) is 0 Å². The Balaban J connectivity index is 1.87. The first-order chi connectivity index (χ1) is 16.0. The topological polar surface area (TPSA) is 96.5 Å². The Morgan fingerprint density at radius 1 is 1.15 bits per heavy atom. The molecule has 182 valence electrons. The number of carbonyl (C=O) groups excluding carboxylic acids is 3. The number of hydrogen-bond acceptors (Lipinski definition) is 4. The quantitative estimate of drug-likeness (QED) is 0.497. The molecule has 34 heavy (non-hydrogen) atoms. The Morgan fingerprint density at radius 3 is 2.26 bits per heavy atom. The highest BCUT2D eigenvalue weighted by Gasteiger charge is 2.32. The summed E-state index contributed by atoms with van der Waals surface area (Å²) in [5, 5.41) is 7.84. The van der Waals surface area contributed by atoms with E-state index in [9.17, 15) is 23.2 Å². The summed E-state index contributed by atoms with van der Waals surface area (Å²) < 4.78 is 34.4. The molecule has 2 atom stereocenters. The second-order valence-electron chi connectivity index (χ2n) is 9.38. The Labute approximate surface area is 198 Å². The predicted molar refractivity (Wildman–Crippen MR) is 127 cm³/mol. The average Bonchev–Trinajstić information content (AvgIpc) is 3.17. The summed E-state index contributed by atoms with van der Waals surface area (Å²) >= 11 is 0. The molecule has 0 spiro atoms. The van der Waals surface area contributed by atoms with Crippen molar-refractivity contribution in [3.05, 3.63) is 59.2 Å². The lowest BCUT2D eigenvalue weighted by Crippen LogP contribution is -2.43. The van der Waals surface area contributed by atoms with Gasteiger partial charge in [0.2, 0.25) is 11.8 Å². The maximum Gasteiger partial charge on any atom is 0.251 e. The Bertz CT molecular complexity index is 1060. The summed E-state index contributed by atoms with van der Waals surface area (Å²) in [5.41, 5.74) is 1.30. The van der Waals surface area contributed by atoms with Gasteiger partial charge in [-0.1, -0.05) is 43.9 Å². The van der Waals surface area contributed by atoms with Crippen LogP contribution in [0, 0.1) is 17.6 Å². The molecule has 0 radical (unpaired) electrons. The van der Waals surface area contributed by atoms with Crippen molar-refractivity contribution >= 4 is 36.7 Å². The molecule has 2 aromatic carbocycles.